The molecule has 0 radical (unpaired) electrons. The molecule has 9 heteroatoms. The molecule has 0 aliphatic rings. The van der Waals surface area contributed by atoms with Gasteiger partial charge in [0, 0.05) is 0 Å². The largest absolute Gasteiger partial charge is 2.00 e. The summed E-state index contributed by atoms with van der Waals surface area (Å²) in [5.74, 6) is 8.52. The van der Waals surface area contributed by atoms with Gasteiger partial charge in [-0.15, -0.1) is 0 Å². The van der Waals surface area contributed by atoms with Crippen molar-refractivity contribution in [2.75, 3.05) is 0 Å². The van der Waals surface area contributed by atoms with E-state index in [1.54, 1.807) is 0 Å². The molecule has 8 nitrogen and oxygen atoms in total. The van der Waals surface area contributed by atoms with Crippen LogP contribution in [0.25, 0.3) is 0 Å². The van der Waals surface area contributed by atoms with Gasteiger partial charge in [-0.1, -0.05) is 0 Å². The molecule has 0 rings (SSSR count). The predicted molar refractivity (Wildman–Crippen MR) is 31.2 cm³/mol. The molecule has 6 N–H and O–H groups in total. The predicted octanol–water partition coefficient (Wildman–Crippen LogP) is -4.79. The molecule has 0 atom stereocenters. The SMILES string of the molecule is NNC(=O)[O-].NNC(=O)[O-].[Ca+2]. The Bertz CT molecular complexity index is 105. The van der Waals surface area contributed by atoms with Crippen molar-refractivity contribution in [1.82, 2.24) is 10.9 Å². The molecule has 0 aliphatic heterocycles. The third kappa shape index (κ3) is 41.9. The Kier molecular flexibility index (Phi) is 19.2. The molecule has 11 heavy (non-hydrogen) atoms. The molecule has 0 saturated heterocycles. The zero-order valence-electron chi connectivity index (χ0n) is 5.49. The molecule has 0 aliphatic carbocycles. The molecule has 0 bridgehead atoms. The molecule has 0 aromatic rings. The Labute approximate surface area is 91.9 Å². The standard InChI is InChI=1S/2CH4N2O2.Ca/c2*2-3-1(4)5;/h2*3H,2H2,(H,4,5);/q;;+2/p-2. The minimum atomic E-state index is -1.47. The average Bonchev–Trinajstić information content (AvgIpc) is 1.89. The third-order valence-corrected chi connectivity index (χ3v) is 0.236. The van der Waals surface area contributed by atoms with Gasteiger partial charge in [0.2, 0.25) is 0 Å². The molecular weight excluding hydrogens is 184 g/mol. The molecule has 0 saturated carbocycles. The number of hydrogen-bond donors (Lipinski definition) is 4. The summed E-state index contributed by atoms with van der Waals surface area (Å²) >= 11 is 0. The van der Waals surface area contributed by atoms with Gasteiger partial charge in [-0.05, 0) is 0 Å². The van der Waals surface area contributed by atoms with Gasteiger partial charge in [-0.2, -0.15) is 0 Å². The summed E-state index contributed by atoms with van der Waals surface area (Å²) in [7, 11) is 0. The van der Waals surface area contributed by atoms with Crippen LogP contribution in [0.2, 0.25) is 0 Å². The van der Waals surface area contributed by atoms with E-state index in [0.717, 1.165) is 0 Å². The molecule has 0 heterocycles. The number of rotatable bonds is 0. The molecule has 0 aromatic heterocycles. The molecular formula is C2H6CaN4O4. The number of carbonyl (C=O) groups excluding carboxylic acids is 2. The van der Waals surface area contributed by atoms with E-state index in [9.17, 15) is 0 Å². The minimum Gasteiger partial charge on any atom is -0.529 e. The second kappa shape index (κ2) is 12.4. The maximum atomic E-state index is 9.02. The van der Waals surface area contributed by atoms with Crippen molar-refractivity contribution in [3.8, 4) is 0 Å². The fraction of sp³-hybridized carbons (Fsp3) is 0. The summed E-state index contributed by atoms with van der Waals surface area (Å²) in [6.07, 6.45) is -2.94. The van der Waals surface area contributed by atoms with E-state index >= 15 is 0 Å². The quantitative estimate of drug-likeness (QED) is 0.130. The van der Waals surface area contributed by atoms with Crippen LogP contribution in [0, 0.1) is 0 Å². The van der Waals surface area contributed by atoms with E-state index < -0.39 is 12.2 Å². The summed E-state index contributed by atoms with van der Waals surface area (Å²) in [5.41, 5.74) is 2.67. The number of carbonyl (C=O) groups is 2. The Morgan fingerprint density at radius 3 is 1.09 bits per heavy atom. The first-order valence-electron chi connectivity index (χ1n) is 1.89. The molecule has 0 fully saturated rings. The molecule has 0 aromatic carbocycles. The first-order valence-corrected chi connectivity index (χ1v) is 1.89. The van der Waals surface area contributed by atoms with E-state index in [0.29, 0.717) is 0 Å². The van der Waals surface area contributed by atoms with Gasteiger partial charge in [0.25, 0.3) is 0 Å². The van der Waals surface area contributed by atoms with Gasteiger partial charge in [0.05, 0.1) is 0 Å². The summed E-state index contributed by atoms with van der Waals surface area (Å²) in [6, 6.07) is 0. The minimum absolute atomic E-state index is 0. The monoisotopic (exact) mass is 190 g/mol. The maximum absolute atomic E-state index is 9.02. The van der Waals surface area contributed by atoms with Crippen molar-refractivity contribution in [2.45, 2.75) is 0 Å². The van der Waals surface area contributed by atoms with Crippen LogP contribution in [-0.2, 0) is 0 Å². The normalized spacial score (nSPS) is 6.00. The van der Waals surface area contributed by atoms with E-state index in [2.05, 4.69) is 11.7 Å². The van der Waals surface area contributed by atoms with Crippen LogP contribution in [0.3, 0.4) is 0 Å². The van der Waals surface area contributed by atoms with E-state index in [1.807, 2.05) is 0 Å². The smallest absolute Gasteiger partial charge is 0.529 e. The topological polar surface area (TPSA) is 156 Å². The molecule has 60 valence electrons. The number of amides is 2. The Balaban J connectivity index is -0.000000107. The van der Waals surface area contributed by atoms with Crippen molar-refractivity contribution >= 4 is 49.9 Å². The zero-order chi connectivity index (χ0) is 8.57. The van der Waals surface area contributed by atoms with Gasteiger partial charge in [-0.25, -0.2) is 11.7 Å². The fourth-order valence-electron chi connectivity index (χ4n) is 0. The Hall–Kier alpha value is -0.280. The second-order valence-electron chi connectivity index (χ2n) is 0.864. The van der Waals surface area contributed by atoms with Gasteiger partial charge in [0.15, 0.2) is 0 Å². The van der Waals surface area contributed by atoms with E-state index in [-0.39, 0.29) is 37.7 Å². The van der Waals surface area contributed by atoms with Crippen LogP contribution < -0.4 is 32.7 Å². The van der Waals surface area contributed by atoms with E-state index in [1.165, 1.54) is 10.9 Å². The van der Waals surface area contributed by atoms with Crippen molar-refractivity contribution in [1.29, 1.82) is 0 Å². The Morgan fingerprint density at radius 1 is 1.00 bits per heavy atom. The number of hydrogen-bond acceptors (Lipinski definition) is 6. The van der Waals surface area contributed by atoms with Crippen molar-refractivity contribution < 1.29 is 19.8 Å². The zero-order valence-corrected chi connectivity index (χ0v) is 7.70. The van der Waals surface area contributed by atoms with Crippen LogP contribution >= 0.6 is 0 Å². The molecule has 0 spiro atoms. The van der Waals surface area contributed by atoms with Crippen LogP contribution in [0.4, 0.5) is 9.59 Å². The summed E-state index contributed by atoms with van der Waals surface area (Å²) in [6.45, 7) is 0. The van der Waals surface area contributed by atoms with Crippen LogP contribution in [0.15, 0.2) is 0 Å². The number of nitrogens with two attached hydrogens (primary N) is 2. The second-order valence-corrected chi connectivity index (χ2v) is 0.864. The first-order chi connectivity index (χ1) is 4.54. The summed E-state index contributed by atoms with van der Waals surface area (Å²) in [5, 5.41) is 18.0. The third-order valence-electron chi connectivity index (χ3n) is 0.236. The summed E-state index contributed by atoms with van der Waals surface area (Å²) < 4.78 is 0. The molecule has 2 amide bonds. The average molecular weight is 190 g/mol. The number of nitrogens with one attached hydrogen (secondary N) is 2. The van der Waals surface area contributed by atoms with Gasteiger partial charge in [-0.3, -0.25) is 0 Å². The van der Waals surface area contributed by atoms with Crippen LogP contribution in [-0.4, -0.2) is 49.9 Å². The summed E-state index contributed by atoms with van der Waals surface area (Å²) in [4.78, 5) is 18.0. The van der Waals surface area contributed by atoms with Gasteiger partial charge >= 0.3 is 37.7 Å². The van der Waals surface area contributed by atoms with Crippen LogP contribution in [0.1, 0.15) is 0 Å². The van der Waals surface area contributed by atoms with Crippen molar-refractivity contribution in [2.24, 2.45) is 11.7 Å². The maximum Gasteiger partial charge on any atom is 2.00 e. The fourth-order valence-corrected chi connectivity index (χ4v) is 0. The number of hydrazine groups is 2. The van der Waals surface area contributed by atoms with Crippen molar-refractivity contribution in [3.63, 3.8) is 0 Å². The number of carboxylic acid groups (broad SMARTS) is 2. The first kappa shape index (κ1) is 17.0. The molecule has 0 unspecified atom stereocenters. The Morgan fingerprint density at radius 2 is 1.09 bits per heavy atom. The van der Waals surface area contributed by atoms with Gasteiger partial charge < -0.3 is 30.7 Å². The van der Waals surface area contributed by atoms with Crippen molar-refractivity contribution in [3.05, 3.63) is 0 Å². The van der Waals surface area contributed by atoms with Crippen LogP contribution in [0.5, 0.6) is 0 Å². The van der Waals surface area contributed by atoms with Gasteiger partial charge in [0.1, 0.15) is 12.2 Å². The van der Waals surface area contributed by atoms with E-state index in [4.69, 9.17) is 19.8 Å².